The molecule has 1 aliphatic heterocycles. The van der Waals surface area contributed by atoms with E-state index >= 15 is 0 Å². The number of benzene rings is 2. The Labute approximate surface area is 173 Å². The van der Waals surface area contributed by atoms with Crippen molar-refractivity contribution in [3.05, 3.63) is 80.7 Å². The number of nitrogens with zero attached hydrogens (tertiary/aromatic N) is 3. The van der Waals surface area contributed by atoms with Crippen molar-refractivity contribution in [2.75, 3.05) is 7.11 Å². The fraction of sp³-hybridized carbons (Fsp3) is 0.273. The number of carbonyl (C=O) groups is 1. The van der Waals surface area contributed by atoms with E-state index in [2.05, 4.69) is 5.10 Å². The molecule has 1 aliphatic rings. The number of Topliss-reactive ketones (excluding diaryl/α,β-unsaturated/α-hetero) is 1. The van der Waals surface area contributed by atoms with Gasteiger partial charge in [-0.2, -0.15) is 5.10 Å². The number of ether oxygens (including phenoxy) is 2. The second-order valence-corrected chi connectivity index (χ2v) is 7.24. The van der Waals surface area contributed by atoms with Crippen molar-refractivity contribution in [1.82, 2.24) is 9.78 Å². The van der Waals surface area contributed by atoms with Gasteiger partial charge in [-0.05, 0) is 43.7 Å². The van der Waals surface area contributed by atoms with Gasteiger partial charge in [-0.25, -0.2) is 0 Å². The summed E-state index contributed by atoms with van der Waals surface area (Å²) in [5.41, 5.74) is 3.09. The molecule has 3 aromatic rings. The molecular formula is C22H21N3O5. The van der Waals surface area contributed by atoms with Crippen LogP contribution in [0.4, 0.5) is 5.69 Å². The molecule has 1 atom stereocenters. The average Bonchev–Trinajstić information content (AvgIpc) is 3.01. The van der Waals surface area contributed by atoms with Crippen LogP contribution in [0.5, 0.6) is 11.5 Å². The number of aryl methyl sites for hydroxylation is 1. The Morgan fingerprint density at radius 2 is 2.03 bits per heavy atom. The molecule has 0 bridgehead atoms. The summed E-state index contributed by atoms with van der Waals surface area (Å²) in [4.78, 5) is 23.4. The van der Waals surface area contributed by atoms with E-state index in [0.717, 1.165) is 11.1 Å². The molecule has 0 aliphatic carbocycles. The monoisotopic (exact) mass is 407 g/mol. The Morgan fingerprint density at radius 1 is 1.27 bits per heavy atom. The predicted octanol–water partition coefficient (Wildman–Crippen LogP) is 4.17. The lowest BCUT2D eigenvalue weighted by molar-refractivity contribution is -0.386. The van der Waals surface area contributed by atoms with Crippen LogP contribution in [0.25, 0.3) is 0 Å². The van der Waals surface area contributed by atoms with Crippen LogP contribution in [-0.2, 0) is 6.54 Å². The zero-order chi connectivity index (χ0) is 21.4. The van der Waals surface area contributed by atoms with E-state index in [1.165, 1.54) is 0 Å². The van der Waals surface area contributed by atoms with Crippen molar-refractivity contribution < 1.29 is 19.2 Å². The summed E-state index contributed by atoms with van der Waals surface area (Å²) in [6.45, 7) is 3.59. The van der Waals surface area contributed by atoms with Gasteiger partial charge in [-0.15, -0.1) is 0 Å². The minimum Gasteiger partial charge on any atom is -0.496 e. The van der Waals surface area contributed by atoms with Crippen LogP contribution >= 0.6 is 0 Å². The first-order valence-electron chi connectivity index (χ1n) is 9.53. The zero-order valence-corrected chi connectivity index (χ0v) is 16.9. The molecule has 2 heterocycles. The molecular weight excluding hydrogens is 386 g/mol. The van der Waals surface area contributed by atoms with Crippen molar-refractivity contribution >= 4 is 11.5 Å². The molecule has 2 aromatic carbocycles. The smallest absolute Gasteiger partial charge is 0.312 e. The lowest BCUT2D eigenvalue weighted by Crippen LogP contribution is -2.20. The largest absolute Gasteiger partial charge is 0.496 e. The summed E-state index contributed by atoms with van der Waals surface area (Å²) in [6.07, 6.45) is -0.166. The van der Waals surface area contributed by atoms with Crippen LogP contribution in [0.15, 0.2) is 42.5 Å². The molecule has 0 spiro atoms. The van der Waals surface area contributed by atoms with Gasteiger partial charge in [0.15, 0.2) is 5.78 Å². The standard InChI is InChI=1S/C22H21N3O5/c1-13-22(25(27)28)14(2)24(23-13)12-16-10-15(8-9-19(16)29-3)21-11-18(26)17-6-4-5-7-20(17)30-21/h4-10,21H,11-12H2,1-3H3/t21-/m0/s1. The number of carbonyl (C=O) groups excluding carboxylic acids is 1. The normalized spacial score (nSPS) is 15.4. The van der Waals surface area contributed by atoms with Crippen molar-refractivity contribution in [1.29, 1.82) is 0 Å². The van der Waals surface area contributed by atoms with Crippen LogP contribution < -0.4 is 9.47 Å². The number of methoxy groups -OCH3 is 1. The Hall–Kier alpha value is -3.68. The predicted molar refractivity (Wildman–Crippen MR) is 109 cm³/mol. The Balaban J connectivity index is 1.68. The lowest BCUT2D eigenvalue weighted by Gasteiger charge is -2.26. The first kappa shape index (κ1) is 19.6. The van der Waals surface area contributed by atoms with Gasteiger partial charge in [0.25, 0.3) is 0 Å². The van der Waals surface area contributed by atoms with E-state index in [9.17, 15) is 14.9 Å². The first-order valence-corrected chi connectivity index (χ1v) is 9.53. The number of ketones is 1. The Kier molecular flexibility index (Phi) is 4.99. The topological polar surface area (TPSA) is 96.5 Å². The van der Waals surface area contributed by atoms with E-state index in [1.807, 2.05) is 30.3 Å². The molecule has 154 valence electrons. The van der Waals surface area contributed by atoms with Crippen molar-refractivity contribution in [2.24, 2.45) is 0 Å². The molecule has 30 heavy (non-hydrogen) atoms. The molecule has 0 N–H and O–H groups in total. The highest BCUT2D eigenvalue weighted by Crippen LogP contribution is 2.36. The van der Waals surface area contributed by atoms with Crippen molar-refractivity contribution in [3.8, 4) is 11.5 Å². The molecule has 0 unspecified atom stereocenters. The summed E-state index contributed by atoms with van der Waals surface area (Å²) in [7, 11) is 1.57. The minimum atomic E-state index is -0.416. The number of hydrogen-bond donors (Lipinski definition) is 0. The number of aromatic nitrogens is 2. The maximum absolute atomic E-state index is 12.5. The second kappa shape index (κ2) is 7.62. The van der Waals surface area contributed by atoms with Gasteiger partial charge in [0.1, 0.15) is 29.0 Å². The maximum Gasteiger partial charge on any atom is 0.312 e. The van der Waals surface area contributed by atoms with Gasteiger partial charge in [-0.1, -0.05) is 18.2 Å². The number of para-hydroxylation sites is 1. The molecule has 0 saturated carbocycles. The minimum absolute atomic E-state index is 0.0166. The van der Waals surface area contributed by atoms with Crippen molar-refractivity contribution in [2.45, 2.75) is 32.9 Å². The summed E-state index contributed by atoms with van der Waals surface area (Å²) < 4.78 is 13.1. The number of hydrogen-bond acceptors (Lipinski definition) is 6. The lowest BCUT2D eigenvalue weighted by atomic mass is 9.95. The SMILES string of the molecule is COc1ccc([C@@H]2CC(=O)c3ccccc3O2)cc1Cn1nc(C)c([N+](=O)[O-])c1C. The fourth-order valence-electron chi connectivity index (χ4n) is 3.85. The van der Waals surface area contributed by atoms with Crippen molar-refractivity contribution in [3.63, 3.8) is 0 Å². The Morgan fingerprint density at radius 3 is 2.73 bits per heavy atom. The Bertz CT molecular complexity index is 1150. The van der Waals surface area contributed by atoms with Gasteiger partial charge >= 0.3 is 5.69 Å². The maximum atomic E-state index is 12.5. The van der Waals surface area contributed by atoms with Crippen LogP contribution in [-0.4, -0.2) is 27.6 Å². The highest BCUT2D eigenvalue weighted by molar-refractivity contribution is 5.99. The molecule has 0 saturated heterocycles. The molecule has 4 rings (SSSR count). The molecule has 8 nitrogen and oxygen atoms in total. The number of nitro groups is 1. The summed E-state index contributed by atoms with van der Waals surface area (Å²) in [6, 6.07) is 12.8. The van der Waals surface area contributed by atoms with Crippen LogP contribution in [0.2, 0.25) is 0 Å². The zero-order valence-electron chi connectivity index (χ0n) is 16.9. The molecule has 1 aromatic heterocycles. The van der Waals surface area contributed by atoms with Crippen LogP contribution in [0, 0.1) is 24.0 Å². The van der Waals surface area contributed by atoms with E-state index in [0.29, 0.717) is 35.0 Å². The fourth-order valence-corrected chi connectivity index (χ4v) is 3.85. The summed E-state index contributed by atoms with van der Waals surface area (Å²) >= 11 is 0. The third-order valence-corrected chi connectivity index (χ3v) is 5.35. The molecule has 0 fully saturated rings. The van der Waals surface area contributed by atoms with E-state index < -0.39 is 11.0 Å². The van der Waals surface area contributed by atoms with E-state index in [-0.39, 0.29) is 17.9 Å². The van der Waals surface area contributed by atoms with E-state index in [1.54, 1.807) is 37.8 Å². The highest BCUT2D eigenvalue weighted by Gasteiger charge is 2.28. The second-order valence-electron chi connectivity index (χ2n) is 7.24. The number of rotatable bonds is 5. The van der Waals surface area contributed by atoms with Gasteiger partial charge < -0.3 is 9.47 Å². The van der Waals surface area contributed by atoms with Crippen LogP contribution in [0.1, 0.15) is 45.4 Å². The summed E-state index contributed by atoms with van der Waals surface area (Å²) in [5.74, 6) is 1.25. The quantitative estimate of drug-likeness (QED) is 0.465. The molecule has 0 radical (unpaired) electrons. The third kappa shape index (κ3) is 3.41. The molecule has 8 heteroatoms. The van der Waals surface area contributed by atoms with Gasteiger partial charge in [0, 0.05) is 5.56 Å². The van der Waals surface area contributed by atoms with E-state index in [4.69, 9.17) is 9.47 Å². The van der Waals surface area contributed by atoms with Crippen LogP contribution in [0.3, 0.4) is 0 Å². The average molecular weight is 407 g/mol. The van der Waals surface area contributed by atoms with Gasteiger partial charge in [-0.3, -0.25) is 19.6 Å². The number of fused-ring (bicyclic) bond motifs is 1. The molecule has 0 amide bonds. The highest BCUT2D eigenvalue weighted by atomic mass is 16.6. The first-order chi connectivity index (χ1) is 14.4. The van der Waals surface area contributed by atoms with Gasteiger partial charge in [0.2, 0.25) is 0 Å². The summed E-state index contributed by atoms with van der Waals surface area (Å²) in [5, 5.41) is 15.6. The van der Waals surface area contributed by atoms with Gasteiger partial charge in [0.05, 0.1) is 30.6 Å². The third-order valence-electron chi connectivity index (χ3n) is 5.35.